The zero-order chi connectivity index (χ0) is 7.72. The molecule has 1 atom stereocenters. The van der Waals surface area contributed by atoms with Gasteiger partial charge in [0.1, 0.15) is 0 Å². The molecule has 1 rings (SSSR count). The molecular formula is C8H12OS. The van der Waals surface area contributed by atoms with Gasteiger partial charge < -0.3 is 5.11 Å². The molecule has 1 heterocycles. The molecule has 0 radical (unpaired) electrons. The van der Waals surface area contributed by atoms with Crippen molar-refractivity contribution in [3.05, 3.63) is 21.4 Å². The normalized spacial score (nSPS) is 13.6. The lowest BCUT2D eigenvalue weighted by Crippen LogP contribution is -1.88. The maximum atomic E-state index is 9.22. The van der Waals surface area contributed by atoms with Gasteiger partial charge in [-0.25, -0.2) is 0 Å². The zero-order valence-electron chi connectivity index (χ0n) is 6.51. The van der Waals surface area contributed by atoms with Gasteiger partial charge in [0.05, 0.1) is 6.10 Å². The summed E-state index contributed by atoms with van der Waals surface area (Å²) in [5.74, 6) is 0. The second-order valence-corrected chi connectivity index (χ2v) is 4.00. The topological polar surface area (TPSA) is 20.2 Å². The highest BCUT2D eigenvalue weighted by molar-refractivity contribution is 7.12. The number of aliphatic hydroxyl groups excluding tert-OH is 1. The van der Waals surface area contributed by atoms with Crippen LogP contribution in [-0.4, -0.2) is 5.11 Å². The predicted molar refractivity (Wildman–Crippen MR) is 44.4 cm³/mol. The lowest BCUT2D eigenvalue weighted by Gasteiger charge is -2.00. The Morgan fingerprint density at radius 3 is 2.30 bits per heavy atom. The molecule has 0 spiro atoms. The summed E-state index contributed by atoms with van der Waals surface area (Å²) in [4.78, 5) is 2.50. The van der Waals surface area contributed by atoms with Gasteiger partial charge in [-0.05, 0) is 32.4 Å². The summed E-state index contributed by atoms with van der Waals surface area (Å²) in [6.07, 6.45) is -0.315. The van der Waals surface area contributed by atoms with E-state index in [1.807, 2.05) is 13.0 Å². The van der Waals surface area contributed by atoms with Gasteiger partial charge in [-0.15, -0.1) is 11.3 Å². The third kappa shape index (κ3) is 1.39. The Morgan fingerprint density at radius 1 is 1.50 bits per heavy atom. The van der Waals surface area contributed by atoms with Crippen molar-refractivity contribution in [3.8, 4) is 0 Å². The van der Waals surface area contributed by atoms with Crippen molar-refractivity contribution >= 4 is 11.3 Å². The van der Waals surface area contributed by atoms with Crippen molar-refractivity contribution < 1.29 is 5.11 Å². The molecule has 0 saturated heterocycles. The van der Waals surface area contributed by atoms with Crippen molar-refractivity contribution in [2.45, 2.75) is 26.9 Å². The summed E-state index contributed by atoms with van der Waals surface area (Å²) in [5.41, 5.74) is 1.07. The molecule has 2 heteroatoms. The smallest absolute Gasteiger partial charge is 0.0772 e. The predicted octanol–water partition coefficient (Wildman–Crippen LogP) is 2.42. The summed E-state index contributed by atoms with van der Waals surface area (Å²) < 4.78 is 0. The van der Waals surface area contributed by atoms with E-state index in [1.54, 1.807) is 18.3 Å². The van der Waals surface area contributed by atoms with Crippen LogP contribution in [0.3, 0.4) is 0 Å². The second kappa shape index (κ2) is 2.72. The van der Waals surface area contributed by atoms with Gasteiger partial charge in [-0.1, -0.05) is 0 Å². The molecule has 0 aliphatic carbocycles. The average Bonchev–Trinajstić information content (AvgIpc) is 2.10. The van der Waals surface area contributed by atoms with Crippen molar-refractivity contribution in [2.75, 3.05) is 0 Å². The van der Waals surface area contributed by atoms with Crippen molar-refractivity contribution in [1.82, 2.24) is 0 Å². The molecule has 0 aliphatic heterocycles. The molecule has 1 N–H and O–H groups in total. The molecule has 0 aliphatic rings. The maximum Gasteiger partial charge on any atom is 0.0772 e. The van der Waals surface area contributed by atoms with E-state index < -0.39 is 0 Å². The van der Waals surface area contributed by atoms with Crippen LogP contribution in [0.2, 0.25) is 0 Å². The number of hydrogen-bond donors (Lipinski definition) is 1. The largest absolute Gasteiger partial charge is 0.389 e. The van der Waals surface area contributed by atoms with Crippen molar-refractivity contribution in [3.63, 3.8) is 0 Å². The molecule has 1 aromatic rings. The van der Waals surface area contributed by atoms with E-state index in [2.05, 4.69) is 6.92 Å². The number of hydrogen-bond acceptors (Lipinski definition) is 2. The van der Waals surface area contributed by atoms with Crippen molar-refractivity contribution in [1.29, 1.82) is 0 Å². The van der Waals surface area contributed by atoms with E-state index in [1.165, 1.54) is 9.75 Å². The number of rotatable bonds is 1. The second-order valence-electron chi connectivity index (χ2n) is 2.54. The number of aliphatic hydroxyl groups is 1. The Balaban J connectivity index is 3.03. The molecule has 1 unspecified atom stereocenters. The minimum atomic E-state index is -0.315. The molecule has 0 saturated carbocycles. The van der Waals surface area contributed by atoms with E-state index in [0.29, 0.717) is 0 Å². The molecule has 0 amide bonds. The minimum Gasteiger partial charge on any atom is -0.389 e. The Bertz CT molecular complexity index is 225. The summed E-state index contributed by atoms with van der Waals surface area (Å²) in [6.45, 7) is 5.90. The van der Waals surface area contributed by atoms with Crippen LogP contribution in [0.15, 0.2) is 6.07 Å². The maximum absolute atomic E-state index is 9.22. The highest BCUT2D eigenvalue weighted by atomic mass is 32.1. The quantitative estimate of drug-likeness (QED) is 0.662. The van der Waals surface area contributed by atoms with Crippen LogP contribution in [0, 0.1) is 13.8 Å². The molecular weight excluding hydrogens is 144 g/mol. The van der Waals surface area contributed by atoms with Gasteiger partial charge in [-0.3, -0.25) is 0 Å². The highest BCUT2D eigenvalue weighted by Gasteiger charge is 2.06. The first-order valence-corrected chi connectivity index (χ1v) is 4.18. The Labute approximate surface area is 65.3 Å². The van der Waals surface area contributed by atoms with Crippen LogP contribution in [0.4, 0.5) is 0 Å². The fraction of sp³-hybridized carbons (Fsp3) is 0.500. The average molecular weight is 156 g/mol. The lowest BCUT2D eigenvalue weighted by molar-refractivity contribution is 0.199. The SMILES string of the molecule is Cc1cc(C(C)O)c(C)s1. The van der Waals surface area contributed by atoms with Crippen LogP contribution >= 0.6 is 11.3 Å². The first-order valence-electron chi connectivity index (χ1n) is 3.36. The first-order chi connectivity index (χ1) is 4.61. The fourth-order valence-corrected chi connectivity index (χ4v) is 2.08. The van der Waals surface area contributed by atoms with Gasteiger partial charge in [0.25, 0.3) is 0 Å². The van der Waals surface area contributed by atoms with Crippen LogP contribution < -0.4 is 0 Å². The van der Waals surface area contributed by atoms with Gasteiger partial charge in [0, 0.05) is 9.75 Å². The molecule has 1 aromatic heterocycles. The van der Waals surface area contributed by atoms with E-state index in [-0.39, 0.29) is 6.10 Å². The number of aryl methyl sites for hydroxylation is 2. The lowest BCUT2D eigenvalue weighted by atomic mass is 10.1. The summed E-state index contributed by atoms with van der Waals surface area (Å²) >= 11 is 1.74. The van der Waals surface area contributed by atoms with Crippen LogP contribution in [0.5, 0.6) is 0 Å². The van der Waals surface area contributed by atoms with E-state index in [0.717, 1.165) is 5.56 Å². The molecule has 0 fully saturated rings. The molecule has 0 aromatic carbocycles. The highest BCUT2D eigenvalue weighted by Crippen LogP contribution is 2.25. The molecule has 10 heavy (non-hydrogen) atoms. The van der Waals surface area contributed by atoms with E-state index >= 15 is 0 Å². The van der Waals surface area contributed by atoms with Gasteiger partial charge >= 0.3 is 0 Å². The van der Waals surface area contributed by atoms with Crippen LogP contribution in [0.1, 0.15) is 28.3 Å². The Kier molecular flexibility index (Phi) is 2.11. The third-order valence-electron chi connectivity index (χ3n) is 1.53. The minimum absolute atomic E-state index is 0.315. The Morgan fingerprint density at radius 2 is 2.10 bits per heavy atom. The number of thiophene rings is 1. The summed E-state index contributed by atoms with van der Waals surface area (Å²) in [7, 11) is 0. The standard InChI is InChI=1S/C8H12OS/c1-5-4-8(6(2)9)7(3)10-5/h4,6,9H,1-3H3. The molecule has 0 bridgehead atoms. The van der Waals surface area contributed by atoms with Crippen LogP contribution in [-0.2, 0) is 0 Å². The van der Waals surface area contributed by atoms with Gasteiger partial charge in [0.2, 0.25) is 0 Å². The van der Waals surface area contributed by atoms with E-state index in [9.17, 15) is 5.11 Å². The third-order valence-corrected chi connectivity index (χ3v) is 2.51. The van der Waals surface area contributed by atoms with Gasteiger partial charge in [-0.2, -0.15) is 0 Å². The first kappa shape index (κ1) is 7.76. The van der Waals surface area contributed by atoms with Crippen LogP contribution in [0.25, 0.3) is 0 Å². The molecule has 1 nitrogen and oxygen atoms in total. The fourth-order valence-electron chi connectivity index (χ4n) is 1.07. The van der Waals surface area contributed by atoms with Gasteiger partial charge in [0.15, 0.2) is 0 Å². The summed E-state index contributed by atoms with van der Waals surface area (Å²) in [6, 6.07) is 2.05. The summed E-state index contributed by atoms with van der Waals surface area (Å²) in [5, 5.41) is 9.22. The van der Waals surface area contributed by atoms with Crippen molar-refractivity contribution in [2.24, 2.45) is 0 Å². The zero-order valence-corrected chi connectivity index (χ0v) is 7.33. The Hall–Kier alpha value is -0.340. The van der Waals surface area contributed by atoms with E-state index in [4.69, 9.17) is 0 Å². The monoisotopic (exact) mass is 156 g/mol. The molecule has 56 valence electrons.